The van der Waals surface area contributed by atoms with Gasteiger partial charge in [0.15, 0.2) is 5.78 Å². The van der Waals surface area contributed by atoms with E-state index in [2.05, 4.69) is 10.6 Å². The molecule has 1 fully saturated rings. The van der Waals surface area contributed by atoms with Gasteiger partial charge in [0, 0.05) is 45.4 Å². The van der Waals surface area contributed by atoms with Crippen molar-refractivity contribution < 1.29 is 52.6 Å². The molecule has 18 heteroatoms. The molecule has 9 atom stereocenters. The van der Waals surface area contributed by atoms with Gasteiger partial charge in [0.1, 0.15) is 17.9 Å². The van der Waals surface area contributed by atoms with Gasteiger partial charge < -0.3 is 39.4 Å². The number of rotatable bonds is 23. The summed E-state index contributed by atoms with van der Waals surface area (Å²) < 4.78 is 23.0. The number of ketones is 1. The number of benzene rings is 2. The molecule has 0 aliphatic carbocycles. The van der Waals surface area contributed by atoms with Crippen molar-refractivity contribution in [2.45, 2.75) is 124 Å². The summed E-state index contributed by atoms with van der Waals surface area (Å²) in [5.41, 5.74) is 2.06. The van der Waals surface area contributed by atoms with Crippen LogP contribution in [0.3, 0.4) is 0 Å². The Kier molecular flexibility index (Phi) is 20.7. The molecule has 2 N–H and O–H groups in total. The van der Waals surface area contributed by atoms with Gasteiger partial charge in [-0.25, -0.2) is 4.79 Å². The molecule has 1 saturated heterocycles. The molecule has 0 saturated carbocycles. The molecule has 3 rings (SSSR count). The first-order chi connectivity index (χ1) is 31.0. The average Bonchev–Trinajstić information content (AvgIpc) is 3.66. The maximum atomic E-state index is 14.7. The van der Waals surface area contributed by atoms with Gasteiger partial charge in [-0.3, -0.25) is 39.0 Å². The van der Waals surface area contributed by atoms with E-state index in [9.17, 15) is 38.9 Å². The second kappa shape index (κ2) is 24.9. The number of hydrogen-bond donors (Lipinski definition) is 2. The summed E-state index contributed by atoms with van der Waals surface area (Å²) in [7, 11) is 8.14. The lowest BCUT2D eigenvalue weighted by Crippen LogP contribution is -2.59. The molecule has 0 spiro atoms. The Morgan fingerprint density at radius 1 is 0.894 bits per heavy atom. The van der Waals surface area contributed by atoms with Gasteiger partial charge in [0.05, 0.1) is 60.7 Å². The molecule has 0 bridgehead atoms. The topological polar surface area (TPSA) is 216 Å². The zero-order valence-electron chi connectivity index (χ0n) is 41.1. The number of aryl methyl sites for hydroxylation is 2. The highest BCUT2D eigenvalue weighted by atomic mass is 16.7. The number of methoxy groups -OCH3 is 2. The molecule has 0 radical (unpaired) electrons. The van der Waals surface area contributed by atoms with E-state index in [1.54, 1.807) is 24.9 Å². The summed E-state index contributed by atoms with van der Waals surface area (Å²) in [4.78, 5) is 98.1. The van der Waals surface area contributed by atoms with Crippen LogP contribution in [0, 0.1) is 47.6 Å². The minimum absolute atomic E-state index is 0.00193. The van der Waals surface area contributed by atoms with Crippen LogP contribution in [0.15, 0.2) is 42.5 Å². The van der Waals surface area contributed by atoms with Crippen molar-refractivity contribution >= 4 is 41.3 Å². The highest BCUT2D eigenvalue weighted by molar-refractivity contribution is 6.00. The van der Waals surface area contributed by atoms with Crippen molar-refractivity contribution in [1.29, 1.82) is 0 Å². The zero-order chi connectivity index (χ0) is 49.7. The molecule has 66 heavy (non-hydrogen) atoms. The van der Waals surface area contributed by atoms with E-state index in [-0.39, 0.29) is 72.7 Å². The van der Waals surface area contributed by atoms with Gasteiger partial charge in [-0.15, -0.1) is 0 Å². The van der Waals surface area contributed by atoms with Gasteiger partial charge >= 0.3 is 6.16 Å². The lowest BCUT2D eigenvalue weighted by molar-refractivity contribution is -0.384. The normalized spacial score (nSPS) is 18.2. The smallest absolute Gasteiger partial charge is 0.429 e. The molecule has 4 amide bonds. The molecule has 1 aliphatic rings. The van der Waals surface area contributed by atoms with Gasteiger partial charge in [0.2, 0.25) is 23.6 Å². The molecule has 1 heterocycles. The van der Waals surface area contributed by atoms with Gasteiger partial charge in [-0.05, 0) is 63.4 Å². The van der Waals surface area contributed by atoms with Crippen LogP contribution in [-0.2, 0) is 33.4 Å². The number of amides is 4. The van der Waals surface area contributed by atoms with Gasteiger partial charge in [0.25, 0.3) is 5.69 Å². The molecule has 2 unspecified atom stereocenters. The fraction of sp³-hybridized carbons (Fsp3) is 0.625. The quantitative estimate of drug-likeness (QED) is 0.0473. The number of likely N-dealkylation sites (tertiary alicyclic amines) is 1. The van der Waals surface area contributed by atoms with Crippen molar-refractivity contribution in [3.63, 3.8) is 0 Å². The SMILES string of the molecule is CC[C@H](C)C([C@@H](CC(=O)N1C[C@@H](OC(=O)Oc2ccc([N+](=O)[O-])cc2)C[C@H]1[C@H](OC)[C@@H](C)C(=O)NCC(=O)c1ccc(C)cc1C)OC)N(C)C(=O)[C@@H](NC(=O)C(C(C)C)N(C)C)C(C)C. The summed E-state index contributed by atoms with van der Waals surface area (Å²) in [5, 5.41) is 16.8. The van der Waals surface area contributed by atoms with Crippen LogP contribution < -0.4 is 15.4 Å². The number of ether oxygens (including phenoxy) is 4. The molecular formula is C48H72N6O12. The Morgan fingerprint density at radius 3 is 2.05 bits per heavy atom. The maximum Gasteiger partial charge on any atom is 0.514 e. The second-order valence-corrected chi connectivity index (χ2v) is 18.3. The third-order valence-electron chi connectivity index (χ3n) is 12.6. The Labute approximate surface area is 389 Å². The number of likely N-dealkylation sites (N-methyl/N-ethyl adjacent to an activating group) is 2. The van der Waals surface area contributed by atoms with E-state index in [0.717, 1.165) is 11.1 Å². The molecule has 2 aromatic carbocycles. The van der Waals surface area contributed by atoms with Crippen molar-refractivity contribution in [3.05, 3.63) is 69.3 Å². The number of nitrogens with zero attached hydrogens (tertiary/aromatic N) is 4. The largest absolute Gasteiger partial charge is 0.514 e. The molecule has 366 valence electrons. The number of nitrogens with one attached hydrogen (secondary N) is 2. The fourth-order valence-electron chi connectivity index (χ4n) is 8.92. The third-order valence-corrected chi connectivity index (χ3v) is 12.6. The molecule has 2 aromatic rings. The Hall–Kier alpha value is -5.46. The van der Waals surface area contributed by atoms with Gasteiger partial charge in [-0.1, -0.05) is 78.6 Å². The minimum Gasteiger partial charge on any atom is -0.429 e. The van der Waals surface area contributed by atoms with E-state index in [4.69, 9.17) is 18.9 Å². The van der Waals surface area contributed by atoms with Crippen LogP contribution in [-0.4, -0.2) is 146 Å². The first kappa shape index (κ1) is 54.9. The van der Waals surface area contributed by atoms with Crippen LogP contribution in [0.1, 0.15) is 89.2 Å². The van der Waals surface area contributed by atoms with E-state index < -0.39 is 71.3 Å². The number of carbonyl (C=O) groups excluding carboxylic acids is 6. The molecule has 1 aliphatic heterocycles. The summed E-state index contributed by atoms with van der Waals surface area (Å²) in [6.45, 7) is 16.5. The van der Waals surface area contributed by atoms with Crippen LogP contribution in [0.25, 0.3) is 0 Å². The molecule has 18 nitrogen and oxygen atoms in total. The van der Waals surface area contributed by atoms with E-state index in [0.29, 0.717) is 12.0 Å². The number of non-ortho nitro benzene ring substituents is 1. The van der Waals surface area contributed by atoms with E-state index >= 15 is 0 Å². The predicted molar refractivity (Wildman–Crippen MR) is 248 cm³/mol. The monoisotopic (exact) mass is 925 g/mol. The van der Waals surface area contributed by atoms with Crippen LogP contribution in [0.4, 0.5) is 10.5 Å². The first-order valence-electron chi connectivity index (χ1n) is 22.6. The first-order valence-corrected chi connectivity index (χ1v) is 22.6. The highest BCUT2D eigenvalue weighted by Gasteiger charge is 2.47. The van der Waals surface area contributed by atoms with Crippen molar-refractivity contribution in [2.75, 3.05) is 48.5 Å². The maximum absolute atomic E-state index is 14.7. The minimum atomic E-state index is -1.12. The summed E-state index contributed by atoms with van der Waals surface area (Å²) in [6.07, 6.45) is -3.43. The fourth-order valence-corrected chi connectivity index (χ4v) is 8.92. The Morgan fingerprint density at radius 2 is 1.53 bits per heavy atom. The third kappa shape index (κ3) is 14.3. The average molecular weight is 925 g/mol. The lowest BCUT2D eigenvalue weighted by Gasteiger charge is -2.41. The highest BCUT2D eigenvalue weighted by Crippen LogP contribution is 2.32. The van der Waals surface area contributed by atoms with E-state index in [1.807, 2.05) is 86.5 Å². The summed E-state index contributed by atoms with van der Waals surface area (Å²) in [6, 6.07) is 7.47. The van der Waals surface area contributed by atoms with Gasteiger partial charge in [-0.2, -0.15) is 0 Å². The summed E-state index contributed by atoms with van der Waals surface area (Å²) >= 11 is 0. The van der Waals surface area contributed by atoms with Crippen LogP contribution >= 0.6 is 0 Å². The number of nitro benzene ring substituents is 1. The van der Waals surface area contributed by atoms with Crippen LogP contribution in [0.5, 0.6) is 5.75 Å². The second-order valence-electron chi connectivity index (χ2n) is 18.3. The summed E-state index contributed by atoms with van der Waals surface area (Å²) in [5.74, 6) is -3.21. The standard InChI is InChI=1S/C48H72N6O12/c1-15-30(7)43(52(12)47(59)41(27(2)3)50-46(58)42(28(4)5)51(10)11)39(63-13)24-40(56)53-26-35(66-48(60)65-34-19-17-33(18-20-34)54(61)62)23-37(53)44(64-14)32(9)45(57)49-25-38(55)36-21-16-29(6)22-31(36)8/h16-22,27-28,30,32,35,37,39,41-44H,15,23-26H2,1-14H3,(H,49,57)(H,50,58)/t30-,32+,35-,37-,39+,41-,42?,43?,44+/m0/s1. The van der Waals surface area contributed by atoms with Crippen LogP contribution in [0.2, 0.25) is 0 Å². The number of carbonyl (C=O) groups is 6. The van der Waals surface area contributed by atoms with Crippen molar-refractivity contribution in [2.24, 2.45) is 23.7 Å². The Bertz CT molecular complexity index is 2000. The number of Topliss-reactive ketones (excluding diaryl/α,β-unsaturated/α-hetero) is 1. The molecule has 0 aromatic heterocycles. The van der Waals surface area contributed by atoms with Crippen molar-refractivity contribution in [1.82, 2.24) is 25.3 Å². The predicted octanol–water partition coefficient (Wildman–Crippen LogP) is 5.35. The van der Waals surface area contributed by atoms with E-state index in [1.165, 1.54) is 43.4 Å². The number of nitro groups is 1. The lowest BCUT2D eigenvalue weighted by atomic mass is 9.89. The van der Waals surface area contributed by atoms with Crippen molar-refractivity contribution in [3.8, 4) is 5.75 Å². The Balaban J connectivity index is 1.93. The number of hydrogen-bond acceptors (Lipinski definition) is 13. The molecular weight excluding hydrogens is 853 g/mol. The zero-order valence-corrected chi connectivity index (χ0v) is 41.1.